The highest BCUT2D eigenvalue weighted by Gasteiger charge is 2.34. The number of hydrogen-bond donors (Lipinski definition) is 0. The molecule has 9 nitrogen and oxygen atoms in total. The minimum absolute atomic E-state index is 0.125. The standard InChI is InChI=1S/C30H32N2O7S/c1-7-37-24-15-21(11-12-23(24)39-19(5)33)27-26(29(35)38-16-17(2)3)18(4)31-30-32(27)28(34)25(40-30)14-20-9-8-10-22(13-20)36-6/h8-15,17,27H,7,16H2,1-6H3. The van der Waals surface area contributed by atoms with Crippen molar-refractivity contribution in [3.63, 3.8) is 0 Å². The summed E-state index contributed by atoms with van der Waals surface area (Å²) < 4.78 is 24.0. The van der Waals surface area contributed by atoms with Crippen LogP contribution in [0.4, 0.5) is 0 Å². The molecule has 210 valence electrons. The minimum Gasteiger partial charge on any atom is -0.497 e. The van der Waals surface area contributed by atoms with Gasteiger partial charge in [-0.2, -0.15) is 0 Å². The molecule has 10 heteroatoms. The zero-order valence-electron chi connectivity index (χ0n) is 23.3. The van der Waals surface area contributed by atoms with Gasteiger partial charge in [0.25, 0.3) is 5.56 Å². The van der Waals surface area contributed by atoms with Gasteiger partial charge in [0.05, 0.1) is 42.2 Å². The fourth-order valence-electron chi connectivity index (χ4n) is 4.30. The van der Waals surface area contributed by atoms with E-state index in [0.717, 1.165) is 5.56 Å². The second-order valence-corrected chi connectivity index (χ2v) is 10.6. The van der Waals surface area contributed by atoms with E-state index in [1.54, 1.807) is 38.3 Å². The van der Waals surface area contributed by atoms with Crippen LogP contribution in [-0.4, -0.2) is 36.8 Å². The molecule has 0 saturated heterocycles. The zero-order valence-corrected chi connectivity index (χ0v) is 24.2. The molecular weight excluding hydrogens is 532 g/mol. The van der Waals surface area contributed by atoms with Gasteiger partial charge in [-0.3, -0.25) is 14.2 Å². The van der Waals surface area contributed by atoms with Crippen molar-refractivity contribution in [3.05, 3.63) is 84.5 Å². The Kier molecular flexibility index (Phi) is 8.89. The van der Waals surface area contributed by atoms with Gasteiger partial charge in [0.2, 0.25) is 0 Å². The molecule has 1 aromatic heterocycles. The van der Waals surface area contributed by atoms with Gasteiger partial charge in [-0.25, -0.2) is 9.79 Å². The van der Waals surface area contributed by atoms with E-state index in [1.807, 2.05) is 45.0 Å². The van der Waals surface area contributed by atoms with Crippen LogP contribution in [0.3, 0.4) is 0 Å². The monoisotopic (exact) mass is 564 g/mol. The van der Waals surface area contributed by atoms with Crippen molar-refractivity contribution in [2.45, 2.75) is 40.7 Å². The first-order chi connectivity index (χ1) is 19.1. The molecule has 1 unspecified atom stereocenters. The van der Waals surface area contributed by atoms with Crippen LogP contribution >= 0.6 is 11.3 Å². The van der Waals surface area contributed by atoms with Crippen LogP contribution in [0, 0.1) is 5.92 Å². The number of aromatic nitrogens is 1. The predicted octanol–water partition coefficient (Wildman–Crippen LogP) is 3.77. The van der Waals surface area contributed by atoms with Crippen molar-refractivity contribution < 1.29 is 28.5 Å². The highest BCUT2D eigenvalue weighted by Crippen LogP contribution is 2.36. The van der Waals surface area contributed by atoms with E-state index >= 15 is 0 Å². The predicted molar refractivity (Wildman–Crippen MR) is 151 cm³/mol. The summed E-state index contributed by atoms with van der Waals surface area (Å²) >= 11 is 1.23. The molecule has 3 aromatic rings. The first-order valence-corrected chi connectivity index (χ1v) is 13.7. The van der Waals surface area contributed by atoms with E-state index < -0.39 is 18.0 Å². The zero-order chi connectivity index (χ0) is 29.0. The molecule has 0 spiro atoms. The quantitative estimate of drug-likeness (QED) is 0.288. The molecule has 0 radical (unpaired) electrons. The van der Waals surface area contributed by atoms with Crippen molar-refractivity contribution in [1.29, 1.82) is 0 Å². The Morgan fingerprint density at radius 3 is 2.60 bits per heavy atom. The summed E-state index contributed by atoms with van der Waals surface area (Å²) in [5.74, 6) is 0.310. The molecule has 0 amide bonds. The number of nitrogens with zero attached hydrogens (tertiary/aromatic N) is 2. The lowest BCUT2D eigenvalue weighted by atomic mass is 9.95. The minimum atomic E-state index is -0.839. The van der Waals surface area contributed by atoms with Gasteiger partial charge in [-0.15, -0.1) is 0 Å². The Hall–Kier alpha value is -4.18. The number of thiazole rings is 1. The molecule has 0 bridgehead atoms. The summed E-state index contributed by atoms with van der Waals surface area (Å²) in [6.07, 6.45) is 1.77. The average molecular weight is 565 g/mol. The fraction of sp³-hybridized carbons (Fsp3) is 0.333. The van der Waals surface area contributed by atoms with Crippen molar-refractivity contribution in [2.24, 2.45) is 10.9 Å². The van der Waals surface area contributed by atoms with E-state index in [0.29, 0.717) is 38.7 Å². The van der Waals surface area contributed by atoms with Crippen LogP contribution in [0.25, 0.3) is 6.08 Å². The smallest absolute Gasteiger partial charge is 0.338 e. The number of benzene rings is 2. The summed E-state index contributed by atoms with van der Waals surface area (Å²) in [7, 11) is 1.58. The summed E-state index contributed by atoms with van der Waals surface area (Å²) in [5, 5.41) is 0. The third kappa shape index (κ3) is 6.17. The summed E-state index contributed by atoms with van der Waals surface area (Å²) in [6, 6.07) is 11.5. The molecule has 2 heterocycles. The van der Waals surface area contributed by atoms with Crippen molar-refractivity contribution in [2.75, 3.05) is 20.3 Å². The number of methoxy groups -OCH3 is 1. The van der Waals surface area contributed by atoms with Gasteiger partial charge in [0.1, 0.15) is 5.75 Å². The third-order valence-corrected chi connectivity index (χ3v) is 7.00. The normalized spacial score (nSPS) is 15.0. The van der Waals surface area contributed by atoms with Gasteiger partial charge in [-0.1, -0.05) is 43.4 Å². The Balaban J connectivity index is 1.93. The number of ether oxygens (including phenoxy) is 4. The van der Waals surface area contributed by atoms with Crippen molar-refractivity contribution in [1.82, 2.24) is 4.57 Å². The van der Waals surface area contributed by atoms with Crippen molar-refractivity contribution in [3.8, 4) is 17.2 Å². The Morgan fingerprint density at radius 2 is 1.93 bits per heavy atom. The Morgan fingerprint density at radius 1 is 1.15 bits per heavy atom. The maximum Gasteiger partial charge on any atom is 0.338 e. The number of fused-ring (bicyclic) bond motifs is 1. The number of rotatable bonds is 9. The first kappa shape index (κ1) is 28.8. The van der Waals surface area contributed by atoms with E-state index in [1.165, 1.54) is 22.8 Å². The Labute approximate surface area is 236 Å². The molecule has 1 aliphatic rings. The summed E-state index contributed by atoms with van der Waals surface area (Å²) in [5.41, 5.74) is 1.77. The molecular formula is C30H32N2O7S. The van der Waals surface area contributed by atoms with E-state index in [4.69, 9.17) is 18.9 Å². The summed E-state index contributed by atoms with van der Waals surface area (Å²) in [4.78, 5) is 44.1. The molecule has 0 N–H and O–H groups in total. The van der Waals surface area contributed by atoms with Gasteiger partial charge in [0, 0.05) is 6.92 Å². The highest BCUT2D eigenvalue weighted by atomic mass is 32.1. The van der Waals surface area contributed by atoms with E-state index in [9.17, 15) is 14.4 Å². The van der Waals surface area contributed by atoms with Crippen LogP contribution in [0.1, 0.15) is 51.8 Å². The molecule has 4 rings (SSSR count). The second-order valence-electron chi connectivity index (χ2n) is 9.58. The largest absolute Gasteiger partial charge is 0.497 e. The average Bonchev–Trinajstić information content (AvgIpc) is 3.21. The lowest BCUT2D eigenvalue weighted by Crippen LogP contribution is -2.40. The van der Waals surface area contributed by atoms with Crippen LogP contribution in [-0.2, 0) is 14.3 Å². The topological polar surface area (TPSA) is 105 Å². The maximum absolute atomic E-state index is 13.9. The summed E-state index contributed by atoms with van der Waals surface area (Å²) in [6.45, 7) is 9.28. The molecule has 1 aliphatic heterocycles. The van der Waals surface area contributed by atoms with Crippen LogP contribution in [0.5, 0.6) is 17.2 Å². The lowest BCUT2D eigenvalue weighted by Gasteiger charge is -2.25. The first-order valence-electron chi connectivity index (χ1n) is 12.9. The number of carbonyl (C=O) groups is 2. The van der Waals surface area contributed by atoms with Crippen LogP contribution in [0.15, 0.2) is 63.5 Å². The lowest BCUT2D eigenvalue weighted by molar-refractivity contribution is -0.140. The van der Waals surface area contributed by atoms with E-state index in [2.05, 4.69) is 4.99 Å². The maximum atomic E-state index is 13.9. The molecule has 0 fully saturated rings. The van der Waals surface area contributed by atoms with Gasteiger partial charge in [0.15, 0.2) is 16.3 Å². The molecule has 0 aliphatic carbocycles. The van der Waals surface area contributed by atoms with Gasteiger partial charge in [-0.05, 0) is 61.2 Å². The molecule has 1 atom stereocenters. The number of esters is 2. The molecule has 2 aromatic carbocycles. The molecule has 0 saturated carbocycles. The number of allylic oxidation sites excluding steroid dienone is 1. The number of hydrogen-bond acceptors (Lipinski definition) is 9. The molecule has 40 heavy (non-hydrogen) atoms. The van der Waals surface area contributed by atoms with Crippen LogP contribution < -0.4 is 29.1 Å². The van der Waals surface area contributed by atoms with Crippen molar-refractivity contribution >= 4 is 29.4 Å². The SMILES string of the molecule is CCOc1cc(C2C(C(=O)OCC(C)C)=C(C)N=c3sc(=Cc4cccc(OC)c4)c(=O)n32)ccc1OC(C)=O. The van der Waals surface area contributed by atoms with Crippen LogP contribution in [0.2, 0.25) is 0 Å². The third-order valence-electron chi connectivity index (χ3n) is 6.02. The number of carbonyl (C=O) groups excluding carboxylic acids is 2. The Bertz CT molecular complexity index is 1650. The van der Waals surface area contributed by atoms with Gasteiger partial charge < -0.3 is 18.9 Å². The van der Waals surface area contributed by atoms with Gasteiger partial charge >= 0.3 is 11.9 Å². The fourth-order valence-corrected chi connectivity index (χ4v) is 5.35. The highest BCUT2D eigenvalue weighted by molar-refractivity contribution is 7.07. The van der Waals surface area contributed by atoms with E-state index in [-0.39, 0.29) is 29.4 Å². The second kappa shape index (κ2) is 12.3.